The predicted molar refractivity (Wildman–Crippen MR) is 88.4 cm³/mol. The minimum atomic E-state index is 0.114. The molecular formula is C17H28N4O2. The fourth-order valence-electron chi connectivity index (χ4n) is 3.85. The smallest absolute Gasteiger partial charge is 0.257 e. The summed E-state index contributed by atoms with van der Waals surface area (Å²) >= 11 is 0. The molecule has 3 heterocycles. The lowest BCUT2D eigenvalue weighted by atomic mass is 9.95. The van der Waals surface area contributed by atoms with Gasteiger partial charge in [-0.1, -0.05) is 0 Å². The molecule has 2 atom stereocenters. The first kappa shape index (κ1) is 16.5. The summed E-state index contributed by atoms with van der Waals surface area (Å²) < 4.78 is 5.80. The predicted octanol–water partition coefficient (Wildman–Crippen LogP) is 1.68. The summed E-state index contributed by atoms with van der Waals surface area (Å²) in [5.74, 6) is 0.797. The molecule has 0 aliphatic carbocycles. The van der Waals surface area contributed by atoms with Crippen molar-refractivity contribution >= 4 is 5.91 Å². The fourth-order valence-corrected chi connectivity index (χ4v) is 3.85. The molecule has 2 fully saturated rings. The van der Waals surface area contributed by atoms with Crippen LogP contribution in [0, 0.1) is 12.8 Å². The number of carbonyl (C=O) groups is 1. The Bertz CT molecular complexity index is 526. The SMILES string of the molecule is Cc1[nH]ncc1C(=O)N1CCC(CN2C[C@@H](C)O[C@@H](C)C2)CC1. The second-order valence-electron chi connectivity index (χ2n) is 7.12. The first-order chi connectivity index (χ1) is 11.0. The molecule has 0 saturated carbocycles. The summed E-state index contributed by atoms with van der Waals surface area (Å²) in [6.07, 6.45) is 4.46. The molecule has 1 aromatic heterocycles. The van der Waals surface area contributed by atoms with Crippen molar-refractivity contribution in [1.29, 1.82) is 0 Å². The van der Waals surface area contributed by atoms with Crippen molar-refractivity contribution < 1.29 is 9.53 Å². The zero-order chi connectivity index (χ0) is 16.4. The number of H-pyrrole nitrogens is 1. The van der Waals surface area contributed by atoms with Crippen LogP contribution in [0.4, 0.5) is 0 Å². The average molecular weight is 320 g/mol. The topological polar surface area (TPSA) is 61.5 Å². The average Bonchev–Trinajstić information content (AvgIpc) is 2.92. The Balaban J connectivity index is 1.49. The summed E-state index contributed by atoms with van der Waals surface area (Å²) in [7, 11) is 0. The van der Waals surface area contributed by atoms with Gasteiger partial charge in [-0.15, -0.1) is 0 Å². The molecular weight excluding hydrogens is 292 g/mol. The van der Waals surface area contributed by atoms with E-state index in [1.54, 1.807) is 6.20 Å². The summed E-state index contributed by atoms with van der Waals surface area (Å²) in [6.45, 7) is 11.1. The Kier molecular flexibility index (Phi) is 5.02. The normalized spacial score (nSPS) is 27.3. The van der Waals surface area contributed by atoms with Gasteiger partial charge in [-0.25, -0.2) is 0 Å². The summed E-state index contributed by atoms with van der Waals surface area (Å²) in [5.41, 5.74) is 1.56. The molecule has 23 heavy (non-hydrogen) atoms. The molecule has 1 N–H and O–H groups in total. The molecule has 1 aromatic rings. The van der Waals surface area contributed by atoms with E-state index in [2.05, 4.69) is 28.9 Å². The van der Waals surface area contributed by atoms with Crippen LogP contribution in [-0.2, 0) is 4.74 Å². The van der Waals surface area contributed by atoms with E-state index in [0.717, 1.165) is 51.3 Å². The van der Waals surface area contributed by atoms with Crippen LogP contribution >= 0.6 is 0 Å². The highest BCUT2D eigenvalue weighted by molar-refractivity contribution is 5.95. The standard InChI is InChI=1S/C17H28N4O2/c1-12-9-20(10-13(2)23-12)11-15-4-6-21(7-5-15)17(22)16-8-18-19-14(16)3/h8,12-13,15H,4-7,9-11H2,1-3H3,(H,18,19)/t12-,13+. The largest absolute Gasteiger partial charge is 0.373 e. The summed E-state index contributed by atoms with van der Waals surface area (Å²) in [5, 5.41) is 6.80. The molecule has 2 aliphatic heterocycles. The van der Waals surface area contributed by atoms with Crippen LogP contribution in [-0.4, -0.2) is 70.8 Å². The second kappa shape index (κ2) is 7.01. The minimum Gasteiger partial charge on any atom is -0.373 e. The van der Waals surface area contributed by atoms with Crippen LogP contribution in [0.5, 0.6) is 0 Å². The minimum absolute atomic E-state index is 0.114. The van der Waals surface area contributed by atoms with Gasteiger partial charge in [0.15, 0.2) is 0 Å². The highest BCUT2D eigenvalue weighted by Crippen LogP contribution is 2.22. The molecule has 0 unspecified atom stereocenters. The van der Waals surface area contributed by atoms with Crippen molar-refractivity contribution in [3.8, 4) is 0 Å². The molecule has 2 saturated heterocycles. The lowest BCUT2D eigenvalue weighted by Crippen LogP contribution is -2.48. The quantitative estimate of drug-likeness (QED) is 0.920. The molecule has 0 aromatic carbocycles. The number of morpholine rings is 1. The van der Waals surface area contributed by atoms with Crippen LogP contribution in [0.1, 0.15) is 42.7 Å². The Hall–Kier alpha value is -1.40. The Morgan fingerprint density at radius 3 is 2.52 bits per heavy atom. The number of hydrogen-bond donors (Lipinski definition) is 1. The maximum atomic E-state index is 12.5. The third-order valence-corrected chi connectivity index (χ3v) is 4.97. The number of piperidine rings is 1. The molecule has 6 nitrogen and oxygen atoms in total. The van der Waals surface area contributed by atoms with Crippen molar-refractivity contribution in [2.24, 2.45) is 5.92 Å². The first-order valence-corrected chi connectivity index (χ1v) is 8.70. The fraction of sp³-hybridized carbons (Fsp3) is 0.765. The van der Waals surface area contributed by atoms with Crippen LogP contribution < -0.4 is 0 Å². The Morgan fingerprint density at radius 1 is 1.30 bits per heavy atom. The molecule has 0 bridgehead atoms. The number of amides is 1. The molecule has 0 spiro atoms. The van der Waals surface area contributed by atoms with Gasteiger partial charge in [-0.3, -0.25) is 14.8 Å². The van der Waals surface area contributed by atoms with Gasteiger partial charge in [0.2, 0.25) is 0 Å². The lowest BCUT2D eigenvalue weighted by molar-refractivity contribution is -0.0728. The molecule has 3 rings (SSSR count). The molecule has 6 heteroatoms. The third-order valence-electron chi connectivity index (χ3n) is 4.97. The Labute approximate surface area is 138 Å². The van der Waals surface area contributed by atoms with Crippen molar-refractivity contribution in [2.45, 2.75) is 45.8 Å². The molecule has 0 radical (unpaired) electrons. The van der Waals surface area contributed by atoms with Gasteiger partial charge in [0.25, 0.3) is 5.91 Å². The number of carbonyl (C=O) groups excluding carboxylic acids is 1. The molecule has 2 aliphatic rings. The number of rotatable bonds is 3. The van der Waals surface area contributed by atoms with Gasteiger partial charge in [-0.2, -0.15) is 5.10 Å². The van der Waals surface area contributed by atoms with Gasteiger partial charge in [-0.05, 0) is 39.5 Å². The van der Waals surface area contributed by atoms with Gasteiger partial charge in [0.1, 0.15) is 0 Å². The lowest BCUT2D eigenvalue weighted by Gasteiger charge is -2.39. The van der Waals surface area contributed by atoms with Crippen LogP contribution in [0.15, 0.2) is 6.20 Å². The van der Waals surface area contributed by atoms with Gasteiger partial charge in [0, 0.05) is 38.4 Å². The van der Waals surface area contributed by atoms with Gasteiger partial charge < -0.3 is 9.64 Å². The van der Waals surface area contributed by atoms with Crippen LogP contribution in [0.2, 0.25) is 0 Å². The first-order valence-electron chi connectivity index (χ1n) is 8.70. The maximum absolute atomic E-state index is 12.5. The summed E-state index contributed by atoms with van der Waals surface area (Å²) in [4.78, 5) is 17.0. The van der Waals surface area contributed by atoms with Crippen LogP contribution in [0.3, 0.4) is 0 Å². The van der Waals surface area contributed by atoms with E-state index in [0.29, 0.717) is 23.7 Å². The van der Waals surface area contributed by atoms with E-state index < -0.39 is 0 Å². The van der Waals surface area contributed by atoms with Gasteiger partial charge >= 0.3 is 0 Å². The van der Waals surface area contributed by atoms with Gasteiger partial charge in [0.05, 0.1) is 24.0 Å². The van der Waals surface area contributed by atoms with E-state index in [4.69, 9.17) is 4.74 Å². The van der Waals surface area contributed by atoms with E-state index in [9.17, 15) is 4.79 Å². The van der Waals surface area contributed by atoms with Crippen molar-refractivity contribution in [3.63, 3.8) is 0 Å². The van der Waals surface area contributed by atoms with E-state index in [1.807, 2.05) is 11.8 Å². The monoisotopic (exact) mass is 320 g/mol. The molecule has 128 valence electrons. The van der Waals surface area contributed by atoms with Crippen molar-refractivity contribution in [3.05, 3.63) is 17.5 Å². The number of ether oxygens (including phenoxy) is 1. The van der Waals surface area contributed by atoms with E-state index in [1.165, 1.54) is 0 Å². The highest BCUT2D eigenvalue weighted by Gasteiger charge is 2.28. The number of hydrogen-bond acceptors (Lipinski definition) is 4. The zero-order valence-corrected chi connectivity index (χ0v) is 14.4. The van der Waals surface area contributed by atoms with Crippen molar-refractivity contribution in [2.75, 3.05) is 32.7 Å². The Morgan fingerprint density at radius 2 is 1.96 bits per heavy atom. The number of nitrogens with zero attached hydrogens (tertiary/aromatic N) is 3. The van der Waals surface area contributed by atoms with E-state index in [-0.39, 0.29) is 5.91 Å². The third kappa shape index (κ3) is 3.93. The number of likely N-dealkylation sites (tertiary alicyclic amines) is 1. The number of aryl methyl sites for hydroxylation is 1. The number of aromatic nitrogens is 2. The summed E-state index contributed by atoms with van der Waals surface area (Å²) in [6, 6.07) is 0. The maximum Gasteiger partial charge on any atom is 0.257 e. The number of aromatic amines is 1. The second-order valence-corrected chi connectivity index (χ2v) is 7.12. The highest BCUT2D eigenvalue weighted by atomic mass is 16.5. The zero-order valence-electron chi connectivity index (χ0n) is 14.4. The van der Waals surface area contributed by atoms with Crippen LogP contribution in [0.25, 0.3) is 0 Å². The molecule has 1 amide bonds. The van der Waals surface area contributed by atoms with E-state index >= 15 is 0 Å². The van der Waals surface area contributed by atoms with Crippen molar-refractivity contribution in [1.82, 2.24) is 20.0 Å². The number of nitrogens with one attached hydrogen (secondary N) is 1.